The minimum Gasteiger partial charge on any atom is -0.468 e. The third kappa shape index (κ3) is 1.61. The molecule has 1 aromatic heterocycles. The first-order valence-corrected chi connectivity index (χ1v) is 6.26. The van der Waals surface area contributed by atoms with Crippen LogP contribution < -0.4 is 0 Å². The van der Waals surface area contributed by atoms with E-state index in [-0.39, 0.29) is 5.97 Å². The van der Waals surface area contributed by atoms with E-state index >= 15 is 0 Å². The molecule has 0 bridgehead atoms. The van der Waals surface area contributed by atoms with E-state index in [1.807, 2.05) is 6.07 Å². The minimum absolute atomic E-state index is 0.306. The van der Waals surface area contributed by atoms with Gasteiger partial charge in [0, 0.05) is 17.8 Å². The van der Waals surface area contributed by atoms with Gasteiger partial charge in [-0.15, -0.1) is 0 Å². The molecule has 0 radical (unpaired) electrons. The number of hydrogen-bond acceptors (Lipinski definition) is 5. The van der Waals surface area contributed by atoms with Crippen LogP contribution in [0.4, 0.5) is 0 Å². The Morgan fingerprint density at radius 2 is 2.28 bits per heavy atom. The van der Waals surface area contributed by atoms with E-state index in [1.54, 1.807) is 6.20 Å². The van der Waals surface area contributed by atoms with Crippen LogP contribution in [0.15, 0.2) is 12.3 Å². The molecule has 1 saturated heterocycles. The molecule has 18 heavy (non-hydrogen) atoms. The van der Waals surface area contributed by atoms with Crippen LogP contribution in [0.3, 0.4) is 0 Å². The van der Waals surface area contributed by atoms with Crippen LogP contribution in [-0.2, 0) is 19.7 Å². The van der Waals surface area contributed by atoms with Crippen molar-refractivity contribution in [3.8, 4) is 0 Å². The highest BCUT2D eigenvalue weighted by molar-refractivity contribution is 5.83. The summed E-state index contributed by atoms with van der Waals surface area (Å²) in [7, 11) is 1.39. The van der Waals surface area contributed by atoms with Crippen LogP contribution in [0, 0.1) is 0 Å². The maximum Gasteiger partial charge on any atom is 0.324 e. The van der Waals surface area contributed by atoms with Crippen LogP contribution >= 0.6 is 0 Å². The summed E-state index contributed by atoms with van der Waals surface area (Å²) in [5.41, 5.74) is 0.260. The summed E-state index contributed by atoms with van der Waals surface area (Å²) >= 11 is 0. The average Bonchev–Trinajstić information content (AvgIpc) is 2.25. The lowest BCUT2D eigenvalue weighted by molar-refractivity contribution is -0.167. The second-order valence-electron chi connectivity index (χ2n) is 5.00. The van der Waals surface area contributed by atoms with E-state index in [0.29, 0.717) is 25.0 Å². The Morgan fingerprint density at radius 1 is 1.50 bits per heavy atom. The third-order valence-corrected chi connectivity index (χ3v) is 3.90. The van der Waals surface area contributed by atoms with Crippen LogP contribution in [0.5, 0.6) is 0 Å². The van der Waals surface area contributed by atoms with Gasteiger partial charge >= 0.3 is 5.97 Å². The normalized spacial score (nSPS) is 21.8. The quantitative estimate of drug-likeness (QED) is 0.752. The largest absolute Gasteiger partial charge is 0.468 e. The summed E-state index contributed by atoms with van der Waals surface area (Å²) in [6, 6.07) is 1.94. The Hall–Kier alpha value is -1.49. The van der Waals surface area contributed by atoms with Gasteiger partial charge in [0.05, 0.1) is 20.3 Å². The van der Waals surface area contributed by atoms with Gasteiger partial charge in [0.1, 0.15) is 0 Å². The molecular formula is C13H16N2O3. The summed E-state index contributed by atoms with van der Waals surface area (Å²) in [6.07, 6.45) is 5.35. The fraction of sp³-hybridized carbons (Fsp3) is 0.615. The van der Waals surface area contributed by atoms with Crippen molar-refractivity contribution in [2.75, 3.05) is 20.3 Å². The van der Waals surface area contributed by atoms with Crippen LogP contribution in [0.2, 0.25) is 0 Å². The molecule has 1 aliphatic heterocycles. The molecule has 0 spiro atoms. The maximum atomic E-state index is 11.9. The van der Waals surface area contributed by atoms with Gasteiger partial charge in [-0.1, -0.05) is 6.42 Å². The number of ether oxygens (including phenoxy) is 2. The summed E-state index contributed by atoms with van der Waals surface area (Å²) in [6.45, 7) is 0.627. The van der Waals surface area contributed by atoms with E-state index in [0.717, 1.165) is 5.69 Å². The van der Waals surface area contributed by atoms with Crippen molar-refractivity contribution in [1.82, 2.24) is 9.97 Å². The SMILES string of the molecule is COC(=O)C1(c2nccc(C3CCC3)n2)COC1. The number of aromatic nitrogens is 2. The fourth-order valence-electron chi connectivity index (χ4n) is 2.37. The first-order chi connectivity index (χ1) is 8.76. The molecule has 5 nitrogen and oxygen atoms in total. The van der Waals surface area contributed by atoms with E-state index in [9.17, 15) is 4.79 Å². The zero-order valence-electron chi connectivity index (χ0n) is 10.4. The lowest BCUT2D eigenvalue weighted by Gasteiger charge is -2.37. The molecule has 2 fully saturated rings. The second kappa shape index (κ2) is 4.31. The molecule has 96 valence electrons. The van der Waals surface area contributed by atoms with Gasteiger partial charge in [0.15, 0.2) is 11.2 Å². The van der Waals surface area contributed by atoms with Crippen molar-refractivity contribution in [2.45, 2.75) is 30.6 Å². The molecule has 0 aromatic carbocycles. The number of rotatable bonds is 3. The Morgan fingerprint density at radius 3 is 2.78 bits per heavy atom. The monoisotopic (exact) mass is 248 g/mol. The Labute approximate surface area is 106 Å². The number of hydrogen-bond donors (Lipinski definition) is 0. The van der Waals surface area contributed by atoms with Gasteiger partial charge in [0.25, 0.3) is 0 Å². The highest BCUT2D eigenvalue weighted by Crippen LogP contribution is 2.37. The third-order valence-electron chi connectivity index (χ3n) is 3.90. The van der Waals surface area contributed by atoms with Gasteiger partial charge in [-0.3, -0.25) is 4.79 Å². The van der Waals surface area contributed by atoms with Crippen molar-refractivity contribution in [2.24, 2.45) is 0 Å². The topological polar surface area (TPSA) is 61.3 Å². The molecule has 1 aliphatic carbocycles. The fourth-order valence-corrected chi connectivity index (χ4v) is 2.37. The molecule has 3 rings (SSSR count). The van der Waals surface area contributed by atoms with Crippen LogP contribution in [0.1, 0.15) is 36.7 Å². The predicted molar refractivity (Wildman–Crippen MR) is 63.1 cm³/mol. The van der Waals surface area contributed by atoms with E-state index in [4.69, 9.17) is 9.47 Å². The first-order valence-electron chi connectivity index (χ1n) is 6.26. The van der Waals surface area contributed by atoms with E-state index in [2.05, 4.69) is 9.97 Å². The molecule has 0 unspecified atom stereocenters. The molecule has 0 N–H and O–H groups in total. The van der Waals surface area contributed by atoms with Gasteiger partial charge in [-0.2, -0.15) is 0 Å². The van der Waals surface area contributed by atoms with Crippen LogP contribution in [-0.4, -0.2) is 36.3 Å². The smallest absolute Gasteiger partial charge is 0.324 e. The van der Waals surface area contributed by atoms with E-state index in [1.165, 1.54) is 26.4 Å². The number of carbonyl (C=O) groups is 1. The minimum atomic E-state index is -0.783. The predicted octanol–water partition coefficient (Wildman–Crippen LogP) is 1.19. The molecule has 0 amide bonds. The van der Waals surface area contributed by atoms with Gasteiger partial charge in [-0.25, -0.2) is 9.97 Å². The average molecular weight is 248 g/mol. The van der Waals surface area contributed by atoms with Crippen molar-refractivity contribution in [1.29, 1.82) is 0 Å². The molecule has 1 saturated carbocycles. The van der Waals surface area contributed by atoms with Gasteiger partial charge in [0.2, 0.25) is 0 Å². The zero-order valence-corrected chi connectivity index (χ0v) is 10.4. The molecule has 2 aliphatic rings. The standard InChI is InChI=1S/C13H16N2O3/c1-17-12(16)13(7-18-8-13)11-14-6-5-10(15-11)9-3-2-4-9/h5-6,9H,2-4,7-8H2,1H3. The lowest BCUT2D eigenvalue weighted by atomic mass is 9.81. The van der Waals surface area contributed by atoms with Crippen LogP contribution in [0.25, 0.3) is 0 Å². The highest BCUT2D eigenvalue weighted by atomic mass is 16.5. The van der Waals surface area contributed by atoms with Crippen molar-refractivity contribution >= 4 is 5.97 Å². The van der Waals surface area contributed by atoms with E-state index < -0.39 is 5.41 Å². The van der Waals surface area contributed by atoms with Crippen molar-refractivity contribution in [3.63, 3.8) is 0 Å². The molecule has 2 heterocycles. The summed E-state index contributed by atoms with van der Waals surface area (Å²) in [4.78, 5) is 20.7. The number of methoxy groups -OCH3 is 1. The molecule has 5 heteroatoms. The number of nitrogens with zero attached hydrogens (tertiary/aromatic N) is 2. The summed E-state index contributed by atoms with van der Waals surface area (Å²) in [5.74, 6) is 0.770. The molecule has 1 aromatic rings. The maximum absolute atomic E-state index is 11.9. The second-order valence-corrected chi connectivity index (χ2v) is 5.00. The Bertz CT molecular complexity index is 467. The first kappa shape index (κ1) is 11.6. The molecular weight excluding hydrogens is 232 g/mol. The lowest BCUT2D eigenvalue weighted by Crippen LogP contribution is -2.54. The highest BCUT2D eigenvalue weighted by Gasteiger charge is 2.51. The summed E-state index contributed by atoms with van der Waals surface area (Å²) < 4.78 is 10.0. The molecule has 0 atom stereocenters. The Balaban J connectivity index is 1.92. The zero-order chi connectivity index (χ0) is 12.6. The van der Waals surface area contributed by atoms with Crippen molar-refractivity contribution < 1.29 is 14.3 Å². The summed E-state index contributed by atoms with van der Waals surface area (Å²) in [5, 5.41) is 0. The van der Waals surface area contributed by atoms with Gasteiger partial charge < -0.3 is 9.47 Å². The van der Waals surface area contributed by atoms with Gasteiger partial charge in [-0.05, 0) is 18.9 Å². The Kier molecular flexibility index (Phi) is 2.78. The van der Waals surface area contributed by atoms with Crippen molar-refractivity contribution in [3.05, 3.63) is 23.8 Å². The number of esters is 1. The number of carbonyl (C=O) groups excluding carboxylic acids is 1.